The van der Waals surface area contributed by atoms with Gasteiger partial charge in [0.25, 0.3) is 0 Å². The van der Waals surface area contributed by atoms with Gasteiger partial charge in [-0.3, -0.25) is 14.5 Å². The highest BCUT2D eigenvalue weighted by molar-refractivity contribution is 7.99. The Morgan fingerprint density at radius 2 is 2.07 bits per heavy atom. The van der Waals surface area contributed by atoms with Crippen molar-refractivity contribution in [3.63, 3.8) is 0 Å². The lowest BCUT2D eigenvalue weighted by Crippen LogP contribution is -2.43. The van der Waals surface area contributed by atoms with Gasteiger partial charge < -0.3 is 15.0 Å². The number of carbonyl (C=O) groups is 2. The van der Waals surface area contributed by atoms with E-state index in [-0.39, 0.29) is 23.5 Å². The summed E-state index contributed by atoms with van der Waals surface area (Å²) in [7, 11) is 2.10. The van der Waals surface area contributed by atoms with Crippen molar-refractivity contribution in [2.45, 2.75) is 63.2 Å². The molecule has 4 fully saturated rings. The van der Waals surface area contributed by atoms with Gasteiger partial charge in [-0.15, -0.1) is 0 Å². The molecule has 4 aliphatic rings. The van der Waals surface area contributed by atoms with E-state index in [9.17, 15) is 9.59 Å². The highest BCUT2D eigenvalue weighted by Gasteiger charge is 2.63. The predicted octanol–water partition coefficient (Wildman–Crippen LogP) is 1.74. The van der Waals surface area contributed by atoms with Crippen LogP contribution in [-0.4, -0.2) is 84.1 Å². The Morgan fingerprint density at radius 1 is 1.29 bits per heavy atom. The molecule has 2 bridgehead atoms. The van der Waals surface area contributed by atoms with Crippen molar-refractivity contribution >= 4 is 23.6 Å². The highest BCUT2D eigenvalue weighted by atomic mass is 32.2. The van der Waals surface area contributed by atoms with Gasteiger partial charge in [-0.1, -0.05) is 19.8 Å². The number of ether oxygens (including phenoxy) is 1. The minimum atomic E-state index is -0.153. The van der Waals surface area contributed by atoms with Gasteiger partial charge in [0.1, 0.15) is 0 Å². The molecule has 7 heteroatoms. The molecule has 158 valence electrons. The summed E-state index contributed by atoms with van der Waals surface area (Å²) in [5.74, 6) is 2.56. The molecule has 4 atom stereocenters. The van der Waals surface area contributed by atoms with Gasteiger partial charge in [0.2, 0.25) is 11.8 Å². The van der Waals surface area contributed by atoms with Crippen LogP contribution in [0.2, 0.25) is 0 Å². The van der Waals surface area contributed by atoms with Gasteiger partial charge in [-0.2, -0.15) is 11.8 Å². The van der Waals surface area contributed by atoms with E-state index in [1.54, 1.807) is 11.8 Å². The molecule has 6 nitrogen and oxygen atoms in total. The zero-order chi connectivity index (χ0) is 19.7. The number of nitrogens with one attached hydrogen (secondary N) is 1. The SMILES string of the molecule is CCSCC(=O)NC[C@H]1[C@H]2CN(C(=O)CN(C)C3CCCC3)C[C@]23CC[C@H]1O3. The Balaban J connectivity index is 1.32. The van der Waals surface area contributed by atoms with Gasteiger partial charge >= 0.3 is 0 Å². The maximum absolute atomic E-state index is 13.0. The van der Waals surface area contributed by atoms with E-state index < -0.39 is 0 Å². The van der Waals surface area contributed by atoms with Crippen molar-refractivity contribution in [1.82, 2.24) is 15.1 Å². The van der Waals surface area contributed by atoms with Gasteiger partial charge in [0.15, 0.2) is 0 Å². The first-order valence-corrected chi connectivity index (χ1v) is 12.2. The number of likely N-dealkylation sites (N-methyl/N-ethyl adjacent to an activating group) is 1. The minimum Gasteiger partial charge on any atom is -0.369 e. The quantitative estimate of drug-likeness (QED) is 0.662. The number of rotatable bonds is 8. The van der Waals surface area contributed by atoms with E-state index in [4.69, 9.17) is 4.74 Å². The number of fused-ring (bicyclic) bond motifs is 1. The van der Waals surface area contributed by atoms with Crippen LogP contribution in [0, 0.1) is 11.8 Å². The third kappa shape index (κ3) is 3.94. The fraction of sp³-hybridized carbons (Fsp3) is 0.905. The molecule has 0 radical (unpaired) electrons. The predicted molar refractivity (Wildman–Crippen MR) is 111 cm³/mol. The molecule has 1 N–H and O–H groups in total. The van der Waals surface area contributed by atoms with Crippen molar-refractivity contribution < 1.29 is 14.3 Å². The van der Waals surface area contributed by atoms with Crippen LogP contribution >= 0.6 is 11.8 Å². The molecule has 2 amide bonds. The summed E-state index contributed by atoms with van der Waals surface area (Å²) in [6, 6.07) is 0.570. The van der Waals surface area contributed by atoms with Crippen LogP contribution in [0.15, 0.2) is 0 Å². The first-order chi connectivity index (χ1) is 13.5. The average Bonchev–Trinajstić information content (AvgIpc) is 3.45. The average molecular weight is 410 g/mol. The molecule has 3 heterocycles. The lowest BCUT2D eigenvalue weighted by molar-refractivity contribution is -0.133. The van der Waals surface area contributed by atoms with Crippen LogP contribution in [0.4, 0.5) is 0 Å². The zero-order valence-electron chi connectivity index (χ0n) is 17.3. The fourth-order valence-corrected chi connectivity index (χ4v) is 6.41. The second-order valence-electron chi connectivity index (χ2n) is 9.10. The van der Waals surface area contributed by atoms with E-state index in [1.807, 2.05) is 4.90 Å². The van der Waals surface area contributed by atoms with E-state index in [2.05, 4.69) is 24.2 Å². The Hall–Kier alpha value is -0.790. The number of thioether (sulfide) groups is 1. The molecule has 0 aromatic heterocycles. The molecular formula is C21H35N3O3S. The van der Waals surface area contributed by atoms with E-state index in [0.717, 1.165) is 31.7 Å². The van der Waals surface area contributed by atoms with Crippen LogP contribution < -0.4 is 5.32 Å². The lowest BCUT2D eigenvalue weighted by atomic mass is 9.73. The van der Waals surface area contributed by atoms with E-state index in [0.29, 0.717) is 36.7 Å². The van der Waals surface area contributed by atoms with Crippen molar-refractivity contribution in [3.05, 3.63) is 0 Å². The second-order valence-corrected chi connectivity index (χ2v) is 10.4. The standard InChI is InChI=1S/C21H35N3O3S/c1-3-28-13-19(25)22-10-16-17-11-24(14-21(17)9-8-18(16)27-21)20(26)12-23(2)15-6-4-5-7-15/h15-18H,3-14H2,1-2H3,(H,22,25)/t16-,17+,18+,21+/m0/s1. The van der Waals surface area contributed by atoms with Gasteiger partial charge in [0, 0.05) is 31.0 Å². The maximum Gasteiger partial charge on any atom is 0.236 e. The summed E-state index contributed by atoms with van der Waals surface area (Å²) in [5, 5.41) is 3.12. The zero-order valence-corrected chi connectivity index (χ0v) is 18.1. The van der Waals surface area contributed by atoms with Crippen molar-refractivity contribution in [2.24, 2.45) is 11.8 Å². The van der Waals surface area contributed by atoms with Gasteiger partial charge in [-0.05, 0) is 38.5 Å². The first-order valence-electron chi connectivity index (χ1n) is 11.0. The topological polar surface area (TPSA) is 61.9 Å². The third-order valence-corrected chi connectivity index (χ3v) is 8.32. The number of likely N-dealkylation sites (tertiary alicyclic amines) is 1. The summed E-state index contributed by atoms with van der Waals surface area (Å²) in [6.45, 7) is 4.80. The summed E-state index contributed by atoms with van der Waals surface area (Å²) in [6.07, 6.45) is 7.39. The summed E-state index contributed by atoms with van der Waals surface area (Å²) >= 11 is 1.65. The molecule has 1 spiro atoms. The summed E-state index contributed by atoms with van der Waals surface area (Å²) in [5.41, 5.74) is -0.153. The van der Waals surface area contributed by atoms with Crippen LogP contribution in [-0.2, 0) is 14.3 Å². The van der Waals surface area contributed by atoms with Crippen LogP contribution in [0.1, 0.15) is 45.4 Å². The summed E-state index contributed by atoms with van der Waals surface area (Å²) in [4.78, 5) is 29.3. The number of carbonyl (C=O) groups excluding carboxylic acids is 2. The fourth-order valence-electron chi connectivity index (χ4n) is 5.92. The summed E-state index contributed by atoms with van der Waals surface area (Å²) < 4.78 is 6.43. The molecule has 0 unspecified atom stereocenters. The second kappa shape index (κ2) is 8.52. The van der Waals surface area contributed by atoms with Crippen LogP contribution in [0.3, 0.4) is 0 Å². The van der Waals surface area contributed by atoms with E-state index in [1.165, 1.54) is 25.7 Å². The normalized spacial score (nSPS) is 34.4. The Labute approximate surface area is 173 Å². The Morgan fingerprint density at radius 3 is 2.82 bits per heavy atom. The monoisotopic (exact) mass is 409 g/mol. The number of nitrogens with zero attached hydrogens (tertiary/aromatic N) is 2. The Bertz CT molecular complexity index is 597. The number of hydrogen-bond donors (Lipinski definition) is 1. The third-order valence-electron chi connectivity index (χ3n) is 7.44. The molecule has 0 aromatic rings. The minimum absolute atomic E-state index is 0.118. The van der Waals surface area contributed by atoms with Crippen LogP contribution in [0.25, 0.3) is 0 Å². The number of amides is 2. The van der Waals surface area contributed by atoms with Crippen LogP contribution in [0.5, 0.6) is 0 Å². The Kier molecular flexibility index (Phi) is 6.23. The lowest BCUT2D eigenvalue weighted by Gasteiger charge is -2.29. The molecular weight excluding hydrogens is 374 g/mol. The largest absolute Gasteiger partial charge is 0.369 e. The smallest absolute Gasteiger partial charge is 0.236 e. The molecule has 1 aliphatic carbocycles. The first kappa shape index (κ1) is 20.5. The molecule has 28 heavy (non-hydrogen) atoms. The molecule has 4 rings (SSSR count). The molecule has 3 aliphatic heterocycles. The van der Waals surface area contributed by atoms with Crippen molar-refractivity contribution in [1.29, 1.82) is 0 Å². The maximum atomic E-state index is 13.0. The highest BCUT2D eigenvalue weighted by Crippen LogP contribution is 2.54. The van der Waals surface area contributed by atoms with Crippen molar-refractivity contribution in [3.8, 4) is 0 Å². The van der Waals surface area contributed by atoms with Crippen molar-refractivity contribution in [2.75, 3.05) is 44.7 Å². The molecule has 1 saturated carbocycles. The molecule has 3 saturated heterocycles. The van der Waals surface area contributed by atoms with Gasteiger partial charge in [0.05, 0.1) is 30.5 Å². The molecule has 0 aromatic carbocycles. The van der Waals surface area contributed by atoms with Gasteiger partial charge in [-0.25, -0.2) is 0 Å². The van der Waals surface area contributed by atoms with E-state index >= 15 is 0 Å². The number of hydrogen-bond acceptors (Lipinski definition) is 5.